The number of aromatic nitrogens is 2. The molecule has 2 aliphatic rings. The Balaban J connectivity index is 1.71. The van der Waals surface area contributed by atoms with E-state index in [1.165, 1.54) is 0 Å². The fourth-order valence-corrected chi connectivity index (χ4v) is 2.78. The summed E-state index contributed by atoms with van der Waals surface area (Å²) in [5.41, 5.74) is 0.812. The third-order valence-electron chi connectivity index (χ3n) is 4.06. The first-order valence-corrected chi connectivity index (χ1v) is 7.81. The van der Waals surface area contributed by atoms with Gasteiger partial charge in [-0.2, -0.15) is 5.10 Å². The lowest BCUT2D eigenvalue weighted by molar-refractivity contribution is -0.127. The van der Waals surface area contributed by atoms with Gasteiger partial charge in [-0.1, -0.05) is 11.6 Å². The van der Waals surface area contributed by atoms with Gasteiger partial charge in [0.15, 0.2) is 0 Å². The minimum absolute atomic E-state index is 0.147. The maximum atomic E-state index is 11.7. The SMILES string of the molecule is CN1C(=O)CCC1CNC1(Nc2cnn(C)c2)N=CC(Cl)=CN1. The Bertz CT molecular complexity index is 655. The standard InChI is InChI=1S/C14H20ClN7O/c1-21-9-11(7-19-21)20-14(16-5-10(15)6-17-14)18-8-12-3-4-13(23)22(12)2/h5-7,9,12,16,18,20H,3-4,8H2,1-2H3. The van der Waals surface area contributed by atoms with Crippen molar-refractivity contribution >= 4 is 29.4 Å². The molecule has 0 bridgehead atoms. The van der Waals surface area contributed by atoms with E-state index in [1.807, 2.05) is 20.3 Å². The Kier molecular flexibility index (Phi) is 4.27. The molecule has 0 aromatic carbocycles. The summed E-state index contributed by atoms with van der Waals surface area (Å²) in [5.74, 6) is -0.748. The predicted molar refractivity (Wildman–Crippen MR) is 88.9 cm³/mol. The van der Waals surface area contributed by atoms with E-state index in [0.29, 0.717) is 18.0 Å². The smallest absolute Gasteiger partial charge is 0.266 e. The average molecular weight is 338 g/mol. The van der Waals surface area contributed by atoms with Crippen LogP contribution in [0.4, 0.5) is 5.69 Å². The second kappa shape index (κ2) is 6.21. The van der Waals surface area contributed by atoms with Crippen LogP contribution in [0.25, 0.3) is 0 Å². The average Bonchev–Trinajstić information content (AvgIpc) is 3.07. The molecule has 124 valence electrons. The lowest BCUT2D eigenvalue weighted by atomic mass is 10.2. The molecule has 1 fully saturated rings. The maximum absolute atomic E-state index is 11.7. The zero-order valence-electron chi connectivity index (χ0n) is 13.1. The number of rotatable bonds is 5. The molecule has 1 saturated heterocycles. The molecular formula is C14H20ClN7O. The first kappa shape index (κ1) is 15.8. The maximum Gasteiger partial charge on any atom is 0.266 e. The quantitative estimate of drug-likeness (QED) is 0.677. The number of carbonyl (C=O) groups excluding carboxylic acids is 1. The number of likely N-dealkylation sites (tertiary alicyclic amines) is 1. The van der Waals surface area contributed by atoms with Crippen molar-refractivity contribution in [1.29, 1.82) is 0 Å². The van der Waals surface area contributed by atoms with Crippen molar-refractivity contribution in [3.05, 3.63) is 23.6 Å². The number of aryl methyl sites for hydroxylation is 1. The molecule has 2 aliphatic heterocycles. The van der Waals surface area contributed by atoms with Crippen molar-refractivity contribution in [3.8, 4) is 0 Å². The van der Waals surface area contributed by atoms with Gasteiger partial charge >= 0.3 is 0 Å². The molecule has 8 nitrogen and oxygen atoms in total. The summed E-state index contributed by atoms with van der Waals surface area (Å²) in [5, 5.41) is 14.4. The van der Waals surface area contributed by atoms with Gasteiger partial charge in [0.2, 0.25) is 5.91 Å². The fraction of sp³-hybridized carbons (Fsp3) is 0.500. The molecule has 0 radical (unpaired) electrons. The number of amides is 1. The Morgan fingerprint density at radius 3 is 2.91 bits per heavy atom. The molecule has 2 atom stereocenters. The molecule has 0 aliphatic carbocycles. The van der Waals surface area contributed by atoms with E-state index in [9.17, 15) is 4.79 Å². The van der Waals surface area contributed by atoms with Crippen molar-refractivity contribution in [1.82, 2.24) is 25.3 Å². The van der Waals surface area contributed by atoms with Crippen molar-refractivity contribution in [3.63, 3.8) is 0 Å². The third kappa shape index (κ3) is 3.48. The lowest BCUT2D eigenvalue weighted by Gasteiger charge is -2.35. The number of halogens is 1. The van der Waals surface area contributed by atoms with Crippen LogP contribution in [-0.2, 0) is 11.8 Å². The van der Waals surface area contributed by atoms with Crippen LogP contribution < -0.4 is 16.0 Å². The van der Waals surface area contributed by atoms with Gasteiger partial charge in [0.1, 0.15) is 0 Å². The van der Waals surface area contributed by atoms with E-state index < -0.39 is 5.91 Å². The molecule has 2 unspecified atom stereocenters. The fourth-order valence-electron chi connectivity index (χ4n) is 2.68. The molecule has 1 amide bonds. The second-order valence-corrected chi connectivity index (χ2v) is 6.18. The molecule has 23 heavy (non-hydrogen) atoms. The van der Waals surface area contributed by atoms with Crippen molar-refractivity contribution in [2.24, 2.45) is 12.0 Å². The molecular weight excluding hydrogens is 318 g/mol. The second-order valence-electron chi connectivity index (χ2n) is 5.75. The van der Waals surface area contributed by atoms with Crippen molar-refractivity contribution < 1.29 is 4.79 Å². The summed E-state index contributed by atoms with van der Waals surface area (Å²) in [6.07, 6.45) is 8.25. The summed E-state index contributed by atoms with van der Waals surface area (Å²) >= 11 is 5.94. The highest BCUT2D eigenvalue weighted by atomic mass is 35.5. The summed E-state index contributed by atoms with van der Waals surface area (Å²) < 4.78 is 1.70. The van der Waals surface area contributed by atoms with E-state index in [2.05, 4.69) is 26.0 Å². The number of hydrogen-bond acceptors (Lipinski definition) is 6. The molecule has 0 saturated carbocycles. The van der Waals surface area contributed by atoms with Crippen LogP contribution in [0.15, 0.2) is 28.6 Å². The number of likely N-dealkylation sites (N-methyl/N-ethyl adjacent to an activating group) is 1. The number of anilines is 1. The number of carbonyl (C=O) groups is 1. The van der Waals surface area contributed by atoms with Gasteiger partial charge in [-0.05, 0) is 6.42 Å². The largest absolute Gasteiger partial charge is 0.341 e. The minimum atomic E-state index is -0.923. The first-order chi connectivity index (χ1) is 11.0. The van der Waals surface area contributed by atoms with Crippen molar-refractivity contribution in [2.75, 3.05) is 18.9 Å². The molecule has 3 heterocycles. The van der Waals surface area contributed by atoms with Crippen molar-refractivity contribution in [2.45, 2.75) is 24.8 Å². The van der Waals surface area contributed by atoms with Gasteiger partial charge in [0, 0.05) is 51.7 Å². The van der Waals surface area contributed by atoms with Crippen LogP contribution in [0.2, 0.25) is 0 Å². The summed E-state index contributed by atoms with van der Waals surface area (Å²) in [7, 11) is 3.68. The van der Waals surface area contributed by atoms with Gasteiger partial charge in [-0.15, -0.1) is 0 Å². The van der Waals surface area contributed by atoms with E-state index in [-0.39, 0.29) is 11.9 Å². The number of hydrogen-bond donors (Lipinski definition) is 3. The summed E-state index contributed by atoms with van der Waals surface area (Å²) in [6, 6.07) is 0.147. The van der Waals surface area contributed by atoms with Crippen LogP contribution in [0.1, 0.15) is 12.8 Å². The monoisotopic (exact) mass is 337 g/mol. The number of nitrogens with zero attached hydrogens (tertiary/aromatic N) is 4. The molecule has 3 N–H and O–H groups in total. The Morgan fingerprint density at radius 1 is 1.52 bits per heavy atom. The Labute approximate surface area is 139 Å². The Morgan fingerprint density at radius 2 is 2.35 bits per heavy atom. The predicted octanol–water partition coefficient (Wildman–Crippen LogP) is 0.408. The van der Waals surface area contributed by atoms with Crippen LogP contribution in [0.5, 0.6) is 0 Å². The highest BCUT2D eigenvalue weighted by molar-refractivity contribution is 6.39. The van der Waals surface area contributed by atoms with Crippen LogP contribution in [-0.4, -0.2) is 52.3 Å². The number of aliphatic imine (C=N–C) groups is 1. The zero-order valence-corrected chi connectivity index (χ0v) is 13.8. The Hall–Kier alpha value is -2.06. The van der Waals surface area contributed by atoms with Gasteiger partial charge in [0.05, 0.1) is 16.9 Å². The van der Waals surface area contributed by atoms with Gasteiger partial charge in [0.25, 0.3) is 5.91 Å². The van der Waals surface area contributed by atoms with Gasteiger partial charge in [-0.25, -0.2) is 4.99 Å². The topological polar surface area (TPSA) is 86.6 Å². The normalized spacial score (nSPS) is 27.1. The highest BCUT2D eigenvalue weighted by Gasteiger charge is 2.34. The summed E-state index contributed by atoms with van der Waals surface area (Å²) in [6.45, 7) is 0.602. The molecule has 1 aromatic rings. The molecule has 3 rings (SSSR count). The number of nitrogens with one attached hydrogen (secondary N) is 3. The number of allylic oxidation sites excluding steroid dienone is 1. The lowest BCUT2D eigenvalue weighted by Crippen LogP contribution is -2.62. The first-order valence-electron chi connectivity index (χ1n) is 7.43. The van der Waals surface area contributed by atoms with Gasteiger partial charge < -0.3 is 15.5 Å². The molecule has 9 heteroatoms. The van der Waals surface area contributed by atoms with Crippen LogP contribution >= 0.6 is 11.6 Å². The highest BCUT2D eigenvalue weighted by Crippen LogP contribution is 2.19. The van der Waals surface area contributed by atoms with E-state index in [0.717, 1.165) is 12.1 Å². The summed E-state index contributed by atoms with van der Waals surface area (Å²) in [4.78, 5) is 17.9. The zero-order chi connectivity index (χ0) is 16.4. The molecule has 0 spiro atoms. The van der Waals surface area contributed by atoms with E-state index in [4.69, 9.17) is 11.6 Å². The van der Waals surface area contributed by atoms with Crippen LogP contribution in [0, 0.1) is 0 Å². The van der Waals surface area contributed by atoms with E-state index >= 15 is 0 Å². The minimum Gasteiger partial charge on any atom is -0.341 e. The molecule has 1 aromatic heterocycles. The van der Waals surface area contributed by atoms with E-state index in [1.54, 1.807) is 28.2 Å². The third-order valence-corrected chi connectivity index (χ3v) is 4.26. The van der Waals surface area contributed by atoms with Crippen LogP contribution in [0.3, 0.4) is 0 Å². The van der Waals surface area contributed by atoms with Gasteiger partial charge in [-0.3, -0.25) is 14.8 Å².